The van der Waals surface area contributed by atoms with E-state index in [0.29, 0.717) is 0 Å². The molecule has 0 atom stereocenters. The molecule has 1 N–H and O–H groups in total. The minimum Gasteiger partial charge on any atom is -0.378 e. The summed E-state index contributed by atoms with van der Waals surface area (Å²) in [5, 5.41) is 2.85. The molecule has 6 nitrogen and oxygen atoms in total. The lowest BCUT2D eigenvalue weighted by molar-refractivity contribution is -0.132. The van der Waals surface area contributed by atoms with Gasteiger partial charge in [-0.05, 0) is 36.8 Å². The summed E-state index contributed by atoms with van der Waals surface area (Å²) in [4.78, 5) is 28.3. The van der Waals surface area contributed by atoms with Crippen molar-refractivity contribution in [1.82, 2.24) is 4.90 Å². The third kappa shape index (κ3) is 5.57. The number of nitrogens with zero attached hydrogens (tertiary/aromatic N) is 2. The fourth-order valence-electron chi connectivity index (χ4n) is 3.10. The van der Waals surface area contributed by atoms with Crippen molar-refractivity contribution in [3.8, 4) is 0 Å². The quantitative estimate of drug-likeness (QED) is 0.835. The first-order valence-electron chi connectivity index (χ1n) is 9.53. The lowest BCUT2D eigenvalue weighted by Crippen LogP contribution is -2.36. The van der Waals surface area contributed by atoms with Crippen LogP contribution in [-0.2, 0) is 20.7 Å². The number of benzene rings is 2. The molecule has 1 aliphatic heterocycles. The van der Waals surface area contributed by atoms with Gasteiger partial charge in [-0.25, -0.2) is 0 Å². The maximum Gasteiger partial charge on any atom is 0.243 e. The van der Waals surface area contributed by atoms with Crippen molar-refractivity contribution in [2.24, 2.45) is 0 Å². The normalized spacial score (nSPS) is 13.9. The summed E-state index contributed by atoms with van der Waals surface area (Å²) < 4.78 is 5.37. The van der Waals surface area contributed by atoms with Gasteiger partial charge in [0, 0.05) is 31.5 Å². The van der Waals surface area contributed by atoms with E-state index in [2.05, 4.69) is 10.2 Å². The number of hydrogen-bond donors (Lipinski definition) is 1. The summed E-state index contributed by atoms with van der Waals surface area (Å²) in [6.07, 6.45) is 0.290. The number of likely N-dealkylation sites (N-methyl/N-ethyl adjacent to an activating group) is 1. The minimum atomic E-state index is -0.209. The van der Waals surface area contributed by atoms with Gasteiger partial charge >= 0.3 is 0 Å². The molecule has 1 heterocycles. The van der Waals surface area contributed by atoms with Crippen LogP contribution in [0.1, 0.15) is 11.1 Å². The SMILES string of the molecule is Cc1ccc(CC(=O)N(C)CC(=O)Nc2ccc(N3CCOCC3)cc2)cc1. The van der Waals surface area contributed by atoms with Crippen LogP contribution in [0.5, 0.6) is 0 Å². The first-order valence-corrected chi connectivity index (χ1v) is 9.53. The van der Waals surface area contributed by atoms with Crippen molar-refractivity contribution in [3.63, 3.8) is 0 Å². The molecule has 148 valence electrons. The average Bonchev–Trinajstić information content (AvgIpc) is 2.71. The minimum absolute atomic E-state index is 0.0237. The molecule has 0 unspecified atom stereocenters. The van der Waals surface area contributed by atoms with E-state index in [1.165, 1.54) is 4.90 Å². The van der Waals surface area contributed by atoms with Crippen LogP contribution in [0, 0.1) is 6.92 Å². The smallest absolute Gasteiger partial charge is 0.243 e. The monoisotopic (exact) mass is 381 g/mol. The summed E-state index contributed by atoms with van der Waals surface area (Å²) in [6.45, 7) is 5.26. The van der Waals surface area contributed by atoms with Gasteiger partial charge in [-0.1, -0.05) is 29.8 Å². The van der Waals surface area contributed by atoms with Gasteiger partial charge < -0.3 is 19.9 Å². The molecule has 2 aromatic carbocycles. The van der Waals surface area contributed by atoms with Gasteiger partial charge in [0.25, 0.3) is 0 Å². The van der Waals surface area contributed by atoms with Crippen molar-refractivity contribution in [2.75, 3.05) is 50.1 Å². The molecule has 0 spiro atoms. The highest BCUT2D eigenvalue weighted by Gasteiger charge is 2.14. The number of morpholine rings is 1. The van der Waals surface area contributed by atoms with E-state index in [0.717, 1.165) is 48.8 Å². The van der Waals surface area contributed by atoms with E-state index >= 15 is 0 Å². The Morgan fingerprint density at radius 3 is 2.32 bits per heavy atom. The zero-order valence-corrected chi connectivity index (χ0v) is 16.5. The summed E-state index contributed by atoms with van der Waals surface area (Å²) >= 11 is 0. The molecule has 1 fully saturated rings. The Labute approximate surface area is 166 Å². The van der Waals surface area contributed by atoms with E-state index in [-0.39, 0.29) is 24.8 Å². The first kappa shape index (κ1) is 19.9. The molecule has 1 aliphatic rings. The van der Waals surface area contributed by atoms with Crippen LogP contribution in [0.3, 0.4) is 0 Å². The van der Waals surface area contributed by atoms with Crippen LogP contribution < -0.4 is 10.2 Å². The molecule has 0 aliphatic carbocycles. The van der Waals surface area contributed by atoms with Crippen molar-refractivity contribution in [1.29, 1.82) is 0 Å². The highest BCUT2D eigenvalue weighted by Crippen LogP contribution is 2.19. The summed E-state index contributed by atoms with van der Waals surface area (Å²) in [5.74, 6) is -0.291. The van der Waals surface area contributed by atoms with Crippen LogP contribution in [0.4, 0.5) is 11.4 Å². The molecular weight excluding hydrogens is 354 g/mol. The third-order valence-corrected chi connectivity index (χ3v) is 4.81. The Kier molecular flexibility index (Phi) is 6.66. The molecule has 2 aromatic rings. The summed E-state index contributed by atoms with van der Waals surface area (Å²) in [5.41, 5.74) is 3.94. The standard InChI is InChI=1S/C22H27N3O3/c1-17-3-5-18(6-4-17)15-22(27)24(2)16-21(26)23-19-7-9-20(10-8-19)25-11-13-28-14-12-25/h3-10H,11-16H2,1-2H3,(H,23,26). The average molecular weight is 381 g/mol. The fourth-order valence-corrected chi connectivity index (χ4v) is 3.10. The molecule has 0 aromatic heterocycles. The first-order chi connectivity index (χ1) is 13.5. The van der Waals surface area contributed by atoms with Crippen molar-refractivity contribution >= 4 is 23.2 Å². The van der Waals surface area contributed by atoms with Crippen molar-refractivity contribution in [2.45, 2.75) is 13.3 Å². The van der Waals surface area contributed by atoms with Crippen LogP contribution in [0.2, 0.25) is 0 Å². The lowest BCUT2D eigenvalue weighted by Gasteiger charge is -2.28. The van der Waals surface area contributed by atoms with E-state index in [1.54, 1.807) is 7.05 Å². The second-order valence-corrected chi connectivity index (χ2v) is 7.11. The number of ether oxygens (including phenoxy) is 1. The highest BCUT2D eigenvalue weighted by molar-refractivity contribution is 5.94. The Morgan fingerprint density at radius 1 is 1.04 bits per heavy atom. The fraction of sp³-hybridized carbons (Fsp3) is 0.364. The lowest BCUT2D eigenvalue weighted by atomic mass is 10.1. The number of hydrogen-bond acceptors (Lipinski definition) is 4. The molecule has 0 radical (unpaired) electrons. The second-order valence-electron chi connectivity index (χ2n) is 7.11. The molecule has 3 rings (SSSR count). The van der Waals surface area contributed by atoms with E-state index < -0.39 is 0 Å². The maximum atomic E-state index is 12.3. The van der Waals surface area contributed by atoms with Gasteiger partial charge in [-0.3, -0.25) is 9.59 Å². The Bertz CT molecular complexity index is 797. The van der Waals surface area contributed by atoms with Crippen molar-refractivity contribution in [3.05, 3.63) is 59.7 Å². The Balaban J connectivity index is 1.48. The van der Waals surface area contributed by atoms with E-state index in [4.69, 9.17) is 4.74 Å². The number of anilines is 2. The van der Waals surface area contributed by atoms with Gasteiger partial charge in [0.05, 0.1) is 26.2 Å². The number of carbonyl (C=O) groups is 2. The second kappa shape index (κ2) is 9.37. The van der Waals surface area contributed by atoms with Crippen LogP contribution >= 0.6 is 0 Å². The molecule has 1 saturated heterocycles. The molecule has 28 heavy (non-hydrogen) atoms. The number of aryl methyl sites for hydroxylation is 1. The van der Waals surface area contributed by atoms with E-state index in [1.807, 2.05) is 55.5 Å². The van der Waals surface area contributed by atoms with Crippen LogP contribution in [0.25, 0.3) is 0 Å². The van der Waals surface area contributed by atoms with Gasteiger partial charge in [0.1, 0.15) is 0 Å². The number of carbonyl (C=O) groups excluding carboxylic acids is 2. The summed E-state index contributed by atoms with van der Waals surface area (Å²) in [7, 11) is 1.65. The molecule has 6 heteroatoms. The predicted octanol–water partition coefficient (Wildman–Crippen LogP) is 2.47. The number of amides is 2. The van der Waals surface area contributed by atoms with Crippen molar-refractivity contribution < 1.29 is 14.3 Å². The molecule has 0 saturated carbocycles. The topological polar surface area (TPSA) is 61.9 Å². The summed E-state index contributed by atoms with van der Waals surface area (Å²) in [6, 6.07) is 15.6. The zero-order chi connectivity index (χ0) is 19.9. The van der Waals surface area contributed by atoms with Crippen LogP contribution in [0.15, 0.2) is 48.5 Å². The predicted molar refractivity (Wildman–Crippen MR) is 111 cm³/mol. The van der Waals surface area contributed by atoms with Gasteiger partial charge in [-0.2, -0.15) is 0 Å². The van der Waals surface area contributed by atoms with Gasteiger partial charge in [-0.15, -0.1) is 0 Å². The largest absolute Gasteiger partial charge is 0.378 e. The number of nitrogens with one attached hydrogen (secondary N) is 1. The molecular formula is C22H27N3O3. The highest BCUT2D eigenvalue weighted by atomic mass is 16.5. The van der Waals surface area contributed by atoms with E-state index in [9.17, 15) is 9.59 Å². The van der Waals surface area contributed by atoms with Gasteiger partial charge in [0.15, 0.2) is 0 Å². The maximum absolute atomic E-state index is 12.3. The number of rotatable bonds is 6. The van der Waals surface area contributed by atoms with Gasteiger partial charge in [0.2, 0.25) is 11.8 Å². The molecule has 2 amide bonds. The van der Waals surface area contributed by atoms with Crippen LogP contribution in [-0.4, -0.2) is 56.6 Å². The Hall–Kier alpha value is -2.86. The zero-order valence-electron chi connectivity index (χ0n) is 16.5. The Morgan fingerprint density at radius 2 is 1.68 bits per heavy atom. The third-order valence-electron chi connectivity index (χ3n) is 4.81. The molecule has 0 bridgehead atoms.